The Morgan fingerprint density at radius 3 is 2.75 bits per heavy atom. The van der Waals surface area contributed by atoms with E-state index in [1.54, 1.807) is 0 Å². The second-order valence-corrected chi connectivity index (χ2v) is 5.28. The van der Waals surface area contributed by atoms with Gasteiger partial charge in [-0.05, 0) is 36.4 Å². The number of aromatic amines is 1. The van der Waals surface area contributed by atoms with E-state index >= 15 is 0 Å². The van der Waals surface area contributed by atoms with Crippen molar-refractivity contribution in [3.8, 4) is 0 Å². The number of H-pyrrole nitrogens is 1. The lowest BCUT2D eigenvalue weighted by atomic mass is 10.1. The quantitative estimate of drug-likeness (QED) is 0.710. The summed E-state index contributed by atoms with van der Waals surface area (Å²) < 4.78 is 0. The van der Waals surface area contributed by atoms with Crippen LogP contribution in [0.3, 0.4) is 0 Å². The van der Waals surface area contributed by atoms with Crippen molar-refractivity contribution < 1.29 is 0 Å². The zero-order valence-corrected chi connectivity index (χ0v) is 11.6. The number of hydrogen-bond acceptors (Lipinski definition) is 2. The van der Waals surface area contributed by atoms with E-state index < -0.39 is 0 Å². The number of anilines is 1. The Kier molecular flexibility index (Phi) is 3.44. The van der Waals surface area contributed by atoms with Crippen LogP contribution in [0.2, 0.25) is 0 Å². The average Bonchev–Trinajstić information content (AvgIpc) is 2.82. The van der Waals surface area contributed by atoms with Crippen molar-refractivity contribution in [1.29, 1.82) is 0 Å². The van der Waals surface area contributed by atoms with E-state index in [0.717, 1.165) is 18.8 Å². The molecule has 3 nitrogen and oxygen atoms in total. The van der Waals surface area contributed by atoms with Crippen LogP contribution < -0.4 is 5.73 Å². The second-order valence-electron chi connectivity index (χ2n) is 5.28. The van der Waals surface area contributed by atoms with Crippen LogP contribution in [0.5, 0.6) is 0 Å². The molecule has 3 N–H and O–H groups in total. The van der Waals surface area contributed by atoms with Gasteiger partial charge in [-0.1, -0.05) is 30.3 Å². The highest BCUT2D eigenvalue weighted by Crippen LogP contribution is 2.19. The molecule has 0 aliphatic carbocycles. The molecule has 0 atom stereocenters. The lowest BCUT2D eigenvalue weighted by Gasteiger charge is -2.16. The maximum Gasteiger partial charge on any atom is 0.0457 e. The molecule has 0 radical (unpaired) electrons. The number of aromatic nitrogens is 1. The van der Waals surface area contributed by atoms with Gasteiger partial charge in [-0.15, -0.1) is 0 Å². The number of para-hydroxylation sites is 1. The Labute approximate surface area is 119 Å². The Morgan fingerprint density at radius 2 is 1.90 bits per heavy atom. The van der Waals surface area contributed by atoms with E-state index in [0.29, 0.717) is 0 Å². The second kappa shape index (κ2) is 5.39. The van der Waals surface area contributed by atoms with Gasteiger partial charge in [0.1, 0.15) is 0 Å². The summed E-state index contributed by atoms with van der Waals surface area (Å²) in [6, 6.07) is 16.5. The number of rotatable bonds is 4. The van der Waals surface area contributed by atoms with E-state index in [1.807, 2.05) is 18.2 Å². The summed E-state index contributed by atoms with van der Waals surface area (Å²) in [4.78, 5) is 5.62. The standard InChI is InChI=1S/C17H19N3/c1-20(11-13-5-4-6-15(18)9-13)12-14-10-19-17-8-3-2-7-16(14)17/h2-10,19H,11-12,18H2,1H3. The van der Waals surface area contributed by atoms with Crippen molar-refractivity contribution in [3.05, 3.63) is 65.9 Å². The van der Waals surface area contributed by atoms with Crippen LogP contribution in [-0.2, 0) is 13.1 Å². The zero-order chi connectivity index (χ0) is 13.9. The minimum absolute atomic E-state index is 0.822. The van der Waals surface area contributed by atoms with Crippen molar-refractivity contribution in [1.82, 2.24) is 9.88 Å². The van der Waals surface area contributed by atoms with Gasteiger partial charge in [-0.3, -0.25) is 4.90 Å². The first-order chi connectivity index (χ1) is 9.72. The van der Waals surface area contributed by atoms with Crippen molar-refractivity contribution in [3.63, 3.8) is 0 Å². The van der Waals surface area contributed by atoms with E-state index in [2.05, 4.69) is 53.5 Å². The van der Waals surface area contributed by atoms with Crippen LogP contribution >= 0.6 is 0 Å². The number of nitrogen functional groups attached to an aromatic ring is 1. The summed E-state index contributed by atoms with van der Waals surface area (Å²) in [7, 11) is 2.13. The molecule has 3 aromatic rings. The fourth-order valence-corrected chi connectivity index (χ4v) is 2.61. The normalized spacial score (nSPS) is 11.3. The van der Waals surface area contributed by atoms with Gasteiger partial charge in [0.25, 0.3) is 0 Å². The summed E-state index contributed by atoms with van der Waals surface area (Å²) >= 11 is 0. The van der Waals surface area contributed by atoms with Gasteiger partial charge in [0.2, 0.25) is 0 Å². The molecule has 0 saturated heterocycles. The molecule has 0 aliphatic heterocycles. The first-order valence-electron chi connectivity index (χ1n) is 6.80. The molecule has 0 spiro atoms. The van der Waals surface area contributed by atoms with Gasteiger partial charge < -0.3 is 10.7 Å². The van der Waals surface area contributed by atoms with Crippen molar-refractivity contribution in [2.45, 2.75) is 13.1 Å². The van der Waals surface area contributed by atoms with E-state index in [-0.39, 0.29) is 0 Å². The van der Waals surface area contributed by atoms with Crippen molar-refractivity contribution in [2.24, 2.45) is 0 Å². The highest BCUT2D eigenvalue weighted by Gasteiger charge is 2.06. The molecule has 102 valence electrons. The molecule has 0 amide bonds. The fraction of sp³-hybridized carbons (Fsp3) is 0.176. The predicted molar refractivity (Wildman–Crippen MR) is 84.3 cm³/mol. The molecule has 0 bridgehead atoms. The van der Waals surface area contributed by atoms with Crippen LogP contribution in [0.15, 0.2) is 54.7 Å². The Hall–Kier alpha value is -2.26. The summed E-state index contributed by atoms with van der Waals surface area (Å²) in [5.41, 5.74) is 10.4. The predicted octanol–water partition coefficient (Wildman–Crippen LogP) is 3.38. The van der Waals surface area contributed by atoms with Crippen molar-refractivity contribution in [2.75, 3.05) is 12.8 Å². The molecule has 20 heavy (non-hydrogen) atoms. The summed E-state index contributed by atoms with van der Waals surface area (Å²) in [5.74, 6) is 0. The smallest absolute Gasteiger partial charge is 0.0457 e. The molecular weight excluding hydrogens is 246 g/mol. The Bertz CT molecular complexity index is 715. The molecule has 1 heterocycles. The monoisotopic (exact) mass is 265 g/mol. The first kappa shape index (κ1) is 12.8. The van der Waals surface area contributed by atoms with Gasteiger partial charge in [-0.25, -0.2) is 0 Å². The molecule has 1 aromatic heterocycles. The minimum atomic E-state index is 0.822. The molecule has 0 saturated carbocycles. The van der Waals surface area contributed by atoms with Gasteiger partial charge in [0.05, 0.1) is 0 Å². The molecule has 2 aromatic carbocycles. The van der Waals surface area contributed by atoms with E-state index in [4.69, 9.17) is 5.73 Å². The van der Waals surface area contributed by atoms with Crippen LogP contribution in [0.1, 0.15) is 11.1 Å². The third-order valence-electron chi connectivity index (χ3n) is 3.52. The number of benzene rings is 2. The van der Waals surface area contributed by atoms with Crippen LogP contribution in [0, 0.1) is 0 Å². The highest BCUT2D eigenvalue weighted by atomic mass is 15.1. The number of hydrogen-bond donors (Lipinski definition) is 2. The number of fused-ring (bicyclic) bond motifs is 1. The molecule has 0 aliphatic rings. The molecule has 3 heteroatoms. The highest BCUT2D eigenvalue weighted by molar-refractivity contribution is 5.82. The SMILES string of the molecule is CN(Cc1cccc(N)c1)Cc1c[nH]c2ccccc12. The number of nitrogens with two attached hydrogens (primary N) is 1. The lowest BCUT2D eigenvalue weighted by Crippen LogP contribution is -2.17. The molecule has 0 unspecified atom stereocenters. The largest absolute Gasteiger partial charge is 0.399 e. The summed E-state index contributed by atoms with van der Waals surface area (Å²) in [6.45, 7) is 1.81. The summed E-state index contributed by atoms with van der Waals surface area (Å²) in [5, 5.41) is 1.30. The molecule has 3 rings (SSSR count). The molecular formula is C17H19N3. The maximum absolute atomic E-state index is 5.82. The van der Waals surface area contributed by atoms with Gasteiger partial charge in [-0.2, -0.15) is 0 Å². The lowest BCUT2D eigenvalue weighted by molar-refractivity contribution is 0.320. The van der Waals surface area contributed by atoms with E-state index in [1.165, 1.54) is 22.0 Å². The van der Waals surface area contributed by atoms with Gasteiger partial charge in [0, 0.05) is 35.9 Å². The summed E-state index contributed by atoms with van der Waals surface area (Å²) in [6.07, 6.45) is 2.10. The maximum atomic E-state index is 5.82. The van der Waals surface area contributed by atoms with Crippen molar-refractivity contribution >= 4 is 16.6 Å². The first-order valence-corrected chi connectivity index (χ1v) is 6.80. The third kappa shape index (κ3) is 2.68. The fourth-order valence-electron chi connectivity index (χ4n) is 2.61. The van der Waals surface area contributed by atoms with Gasteiger partial charge >= 0.3 is 0 Å². The number of nitrogens with one attached hydrogen (secondary N) is 1. The van der Waals surface area contributed by atoms with Crippen LogP contribution in [0.25, 0.3) is 10.9 Å². The Balaban J connectivity index is 1.74. The van der Waals surface area contributed by atoms with Gasteiger partial charge in [0.15, 0.2) is 0 Å². The molecule has 0 fully saturated rings. The number of nitrogens with zero attached hydrogens (tertiary/aromatic N) is 1. The third-order valence-corrected chi connectivity index (χ3v) is 3.52. The van der Waals surface area contributed by atoms with Crippen LogP contribution in [0.4, 0.5) is 5.69 Å². The minimum Gasteiger partial charge on any atom is -0.399 e. The van der Waals surface area contributed by atoms with Crippen LogP contribution in [-0.4, -0.2) is 16.9 Å². The topological polar surface area (TPSA) is 45.0 Å². The Morgan fingerprint density at radius 1 is 1.05 bits per heavy atom. The zero-order valence-electron chi connectivity index (χ0n) is 11.6. The average molecular weight is 265 g/mol. The van der Waals surface area contributed by atoms with E-state index in [9.17, 15) is 0 Å².